The van der Waals surface area contributed by atoms with Gasteiger partial charge in [0.2, 0.25) is 0 Å². The molecule has 1 heterocycles. The molecule has 0 aliphatic rings. The van der Waals surface area contributed by atoms with Gasteiger partial charge in [0.05, 0.1) is 27.0 Å². The van der Waals surface area contributed by atoms with Gasteiger partial charge >= 0.3 is 0 Å². The van der Waals surface area contributed by atoms with E-state index < -0.39 is 0 Å². The van der Waals surface area contributed by atoms with E-state index in [4.69, 9.17) is 14.2 Å². The summed E-state index contributed by atoms with van der Waals surface area (Å²) in [7, 11) is 3.18. The number of ether oxygens (including phenoxy) is 3. The van der Waals surface area contributed by atoms with Gasteiger partial charge in [0, 0.05) is 10.9 Å². The van der Waals surface area contributed by atoms with Crippen LogP contribution in [0.5, 0.6) is 17.2 Å². The zero-order chi connectivity index (χ0) is 19.2. The molecule has 3 aromatic rings. The maximum Gasteiger partial charge on any atom is 0.287 e. The summed E-state index contributed by atoms with van der Waals surface area (Å²) in [6.45, 7) is 2.46. The van der Waals surface area contributed by atoms with Crippen LogP contribution in [0.1, 0.15) is 23.0 Å². The molecule has 2 N–H and O–H groups in total. The lowest BCUT2D eigenvalue weighted by Gasteiger charge is -2.09. The number of hydrogen-bond acceptors (Lipinski definition) is 5. The van der Waals surface area contributed by atoms with Gasteiger partial charge < -0.3 is 19.2 Å². The average molecular weight is 367 g/mol. The Morgan fingerprint density at radius 3 is 2.70 bits per heavy atom. The van der Waals surface area contributed by atoms with Crippen LogP contribution in [0.25, 0.3) is 10.9 Å². The monoisotopic (exact) mass is 367 g/mol. The first-order chi connectivity index (χ1) is 13.1. The summed E-state index contributed by atoms with van der Waals surface area (Å²) in [5, 5.41) is 4.90. The predicted molar refractivity (Wildman–Crippen MR) is 104 cm³/mol. The lowest BCUT2D eigenvalue weighted by Crippen LogP contribution is -2.17. The third-order valence-electron chi connectivity index (χ3n) is 3.94. The van der Waals surface area contributed by atoms with Crippen molar-refractivity contribution in [2.75, 3.05) is 20.8 Å². The van der Waals surface area contributed by atoms with E-state index in [2.05, 4.69) is 15.5 Å². The van der Waals surface area contributed by atoms with Crippen LogP contribution < -0.4 is 19.6 Å². The van der Waals surface area contributed by atoms with Crippen LogP contribution in [0.3, 0.4) is 0 Å². The lowest BCUT2D eigenvalue weighted by molar-refractivity contribution is 0.0951. The number of hydrazone groups is 1. The molecule has 0 aliphatic carbocycles. The van der Waals surface area contributed by atoms with Crippen molar-refractivity contribution in [2.24, 2.45) is 5.10 Å². The molecule has 27 heavy (non-hydrogen) atoms. The standard InChI is InChI=1S/C20H21N3O4/c1-4-27-18-8-5-13(9-19(18)26-3)12-21-23-20(24)17-11-14-10-15(25-2)6-7-16(14)22-17/h5-12,22H,4H2,1-3H3,(H,23,24)/b21-12+. The van der Waals surface area contributed by atoms with E-state index in [0.29, 0.717) is 23.8 Å². The SMILES string of the molecule is CCOc1ccc(/C=N/NC(=O)c2cc3cc(OC)ccc3[nH]2)cc1OC. The van der Waals surface area contributed by atoms with Crippen LogP contribution in [-0.4, -0.2) is 37.9 Å². The summed E-state index contributed by atoms with van der Waals surface area (Å²) in [6.07, 6.45) is 1.54. The van der Waals surface area contributed by atoms with E-state index in [1.165, 1.54) is 0 Å². The van der Waals surface area contributed by atoms with E-state index >= 15 is 0 Å². The molecule has 3 rings (SSSR count). The quantitative estimate of drug-likeness (QED) is 0.495. The third-order valence-corrected chi connectivity index (χ3v) is 3.94. The maximum atomic E-state index is 12.3. The molecule has 7 heteroatoms. The highest BCUT2D eigenvalue weighted by molar-refractivity contribution is 5.98. The molecule has 1 amide bonds. The van der Waals surface area contributed by atoms with Crippen LogP contribution in [0, 0.1) is 0 Å². The summed E-state index contributed by atoms with van der Waals surface area (Å²) >= 11 is 0. The number of nitrogens with zero attached hydrogens (tertiary/aromatic N) is 1. The molecule has 0 aliphatic heterocycles. The number of benzene rings is 2. The summed E-state index contributed by atoms with van der Waals surface area (Å²) < 4.78 is 16.0. The highest BCUT2D eigenvalue weighted by Gasteiger charge is 2.09. The minimum Gasteiger partial charge on any atom is -0.497 e. The number of carbonyl (C=O) groups excluding carboxylic acids is 1. The van der Waals surface area contributed by atoms with Crippen molar-refractivity contribution in [3.05, 3.63) is 53.7 Å². The summed E-state index contributed by atoms with van der Waals surface area (Å²) in [4.78, 5) is 15.3. The average Bonchev–Trinajstić information content (AvgIpc) is 3.12. The zero-order valence-electron chi connectivity index (χ0n) is 15.4. The molecule has 0 saturated carbocycles. The van der Waals surface area contributed by atoms with Gasteiger partial charge in [-0.1, -0.05) is 0 Å². The molecule has 7 nitrogen and oxygen atoms in total. The molecule has 0 fully saturated rings. The number of amides is 1. The third kappa shape index (κ3) is 4.20. The number of H-pyrrole nitrogens is 1. The van der Waals surface area contributed by atoms with Crippen molar-refractivity contribution < 1.29 is 19.0 Å². The molecule has 0 spiro atoms. The molecule has 0 unspecified atom stereocenters. The Morgan fingerprint density at radius 2 is 1.96 bits per heavy atom. The van der Waals surface area contributed by atoms with E-state index in [9.17, 15) is 4.79 Å². The van der Waals surface area contributed by atoms with Crippen molar-refractivity contribution in [2.45, 2.75) is 6.92 Å². The van der Waals surface area contributed by atoms with Crippen molar-refractivity contribution in [1.82, 2.24) is 10.4 Å². The van der Waals surface area contributed by atoms with Gasteiger partial charge in [-0.15, -0.1) is 0 Å². The van der Waals surface area contributed by atoms with Crippen LogP contribution in [0.2, 0.25) is 0 Å². The van der Waals surface area contributed by atoms with Crippen molar-refractivity contribution in [3.8, 4) is 17.2 Å². The fourth-order valence-electron chi connectivity index (χ4n) is 2.62. The van der Waals surface area contributed by atoms with Gasteiger partial charge in [-0.3, -0.25) is 4.79 Å². The highest BCUT2D eigenvalue weighted by Crippen LogP contribution is 2.27. The molecular formula is C20H21N3O4. The fraction of sp³-hybridized carbons (Fsp3) is 0.200. The molecule has 1 aromatic heterocycles. The topological polar surface area (TPSA) is 84.9 Å². The first kappa shape index (κ1) is 18.3. The van der Waals surface area contributed by atoms with Crippen molar-refractivity contribution in [3.63, 3.8) is 0 Å². The Bertz CT molecular complexity index is 979. The van der Waals surface area contributed by atoms with Crippen LogP contribution >= 0.6 is 0 Å². The summed E-state index contributed by atoms with van der Waals surface area (Å²) in [5.41, 5.74) is 4.55. The maximum absolute atomic E-state index is 12.3. The molecule has 0 bridgehead atoms. The Kier molecular flexibility index (Phi) is 5.61. The van der Waals surface area contributed by atoms with Gasteiger partial charge in [-0.2, -0.15) is 5.10 Å². The number of rotatable bonds is 7. The molecule has 0 atom stereocenters. The second kappa shape index (κ2) is 8.27. The van der Waals surface area contributed by atoms with Gasteiger partial charge in [-0.25, -0.2) is 5.43 Å². The van der Waals surface area contributed by atoms with Gasteiger partial charge in [0.1, 0.15) is 11.4 Å². The van der Waals surface area contributed by atoms with Crippen LogP contribution in [0.4, 0.5) is 0 Å². The van der Waals surface area contributed by atoms with Crippen molar-refractivity contribution in [1.29, 1.82) is 0 Å². The molecule has 0 radical (unpaired) electrons. The molecule has 0 saturated heterocycles. The number of aromatic amines is 1. The lowest BCUT2D eigenvalue weighted by atomic mass is 10.2. The van der Waals surface area contributed by atoms with Gasteiger partial charge in [-0.05, 0) is 55.0 Å². The van der Waals surface area contributed by atoms with E-state index in [0.717, 1.165) is 22.2 Å². The zero-order valence-corrected chi connectivity index (χ0v) is 15.4. The molecule has 2 aromatic carbocycles. The summed E-state index contributed by atoms with van der Waals surface area (Å²) in [5.74, 6) is 1.67. The number of nitrogens with one attached hydrogen (secondary N) is 2. The highest BCUT2D eigenvalue weighted by atomic mass is 16.5. The number of methoxy groups -OCH3 is 2. The largest absolute Gasteiger partial charge is 0.497 e. The van der Waals surface area contributed by atoms with Crippen LogP contribution in [-0.2, 0) is 0 Å². The van der Waals surface area contributed by atoms with Gasteiger partial charge in [0.25, 0.3) is 5.91 Å². The first-order valence-electron chi connectivity index (χ1n) is 8.45. The predicted octanol–water partition coefficient (Wildman–Crippen LogP) is 3.35. The van der Waals surface area contributed by atoms with E-state index in [1.807, 2.05) is 31.2 Å². The fourth-order valence-corrected chi connectivity index (χ4v) is 2.62. The minimum atomic E-state index is -0.334. The molecular weight excluding hydrogens is 346 g/mol. The number of carbonyl (C=O) groups is 1. The minimum absolute atomic E-state index is 0.334. The smallest absolute Gasteiger partial charge is 0.287 e. The second-order valence-electron chi connectivity index (χ2n) is 5.68. The second-order valence-corrected chi connectivity index (χ2v) is 5.68. The van der Waals surface area contributed by atoms with Crippen molar-refractivity contribution >= 4 is 23.0 Å². The number of aromatic nitrogens is 1. The number of fused-ring (bicyclic) bond motifs is 1. The number of hydrogen-bond donors (Lipinski definition) is 2. The van der Waals surface area contributed by atoms with E-state index in [-0.39, 0.29) is 5.91 Å². The first-order valence-corrected chi connectivity index (χ1v) is 8.45. The van der Waals surface area contributed by atoms with Gasteiger partial charge in [0.15, 0.2) is 11.5 Å². The molecule has 140 valence electrons. The van der Waals surface area contributed by atoms with Crippen LogP contribution in [0.15, 0.2) is 47.6 Å². The normalized spacial score (nSPS) is 10.9. The summed E-state index contributed by atoms with van der Waals surface area (Å²) in [6, 6.07) is 12.7. The Hall–Kier alpha value is -3.48. The Morgan fingerprint density at radius 1 is 1.11 bits per heavy atom. The Labute approximate surface area is 156 Å². The Balaban J connectivity index is 1.69. The van der Waals surface area contributed by atoms with E-state index in [1.54, 1.807) is 38.6 Å².